The van der Waals surface area contributed by atoms with Gasteiger partial charge in [0.05, 0.1) is 13.2 Å². The molecule has 0 spiro atoms. The molecule has 1 saturated carbocycles. The van der Waals surface area contributed by atoms with Crippen molar-refractivity contribution in [2.75, 3.05) is 12.8 Å². The summed E-state index contributed by atoms with van der Waals surface area (Å²) in [5, 5.41) is 9.87. The van der Waals surface area contributed by atoms with Gasteiger partial charge >= 0.3 is 0 Å². The number of methoxy groups -OCH3 is 1. The van der Waals surface area contributed by atoms with E-state index < -0.39 is 22.2 Å². The number of nitrogens with one attached hydrogen (secondary N) is 1. The lowest BCUT2D eigenvalue weighted by molar-refractivity contribution is 0.101. The van der Waals surface area contributed by atoms with Gasteiger partial charge in [-0.3, -0.25) is 0 Å². The average Bonchev–Trinajstić information content (AvgIpc) is 2.40. The van der Waals surface area contributed by atoms with E-state index in [0.717, 1.165) is 12.8 Å². The molecule has 2 atom stereocenters. The Bertz CT molecular complexity index is 574. The van der Waals surface area contributed by atoms with Gasteiger partial charge in [0.15, 0.2) is 0 Å². The zero-order valence-corrected chi connectivity index (χ0v) is 12.2. The van der Waals surface area contributed by atoms with E-state index in [-0.39, 0.29) is 10.6 Å². The molecular weight excluding hydrogens is 280 g/mol. The van der Waals surface area contributed by atoms with Crippen LogP contribution in [0.1, 0.15) is 25.7 Å². The second-order valence-electron chi connectivity index (χ2n) is 4.99. The van der Waals surface area contributed by atoms with Crippen LogP contribution in [-0.2, 0) is 10.0 Å². The summed E-state index contributed by atoms with van der Waals surface area (Å²) < 4.78 is 32.4. The van der Waals surface area contributed by atoms with E-state index in [1.54, 1.807) is 0 Å². The quantitative estimate of drug-likeness (QED) is 0.716. The first-order chi connectivity index (χ1) is 9.44. The first kappa shape index (κ1) is 15.1. The Labute approximate surface area is 119 Å². The van der Waals surface area contributed by atoms with Gasteiger partial charge < -0.3 is 15.6 Å². The van der Waals surface area contributed by atoms with E-state index in [1.165, 1.54) is 25.3 Å². The lowest BCUT2D eigenvalue weighted by Gasteiger charge is -2.28. The van der Waals surface area contributed by atoms with E-state index in [1.807, 2.05) is 0 Å². The molecule has 1 aliphatic carbocycles. The number of aliphatic hydroxyl groups is 1. The number of hydrogen-bond donors (Lipinski definition) is 3. The third-order valence-electron chi connectivity index (χ3n) is 3.51. The molecule has 1 aliphatic rings. The number of sulfonamides is 1. The molecule has 1 aromatic carbocycles. The molecule has 0 saturated heterocycles. The number of hydrogen-bond acceptors (Lipinski definition) is 5. The average molecular weight is 300 g/mol. The van der Waals surface area contributed by atoms with Gasteiger partial charge in [-0.2, -0.15) is 0 Å². The lowest BCUT2D eigenvalue weighted by atomic mass is 9.93. The Morgan fingerprint density at radius 1 is 1.35 bits per heavy atom. The Balaban J connectivity index is 2.26. The third kappa shape index (κ3) is 3.23. The predicted octanol–water partition coefficient (Wildman–Crippen LogP) is 0.859. The summed E-state index contributed by atoms with van der Waals surface area (Å²) >= 11 is 0. The zero-order chi connectivity index (χ0) is 14.8. The highest BCUT2D eigenvalue weighted by atomic mass is 32.2. The van der Waals surface area contributed by atoms with Crippen molar-refractivity contribution in [2.45, 2.75) is 42.7 Å². The summed E-state index contributed by atoms with van der Waals surface area (Å²) in [6.45, 7) is 0. The minimum atomic E-state index is -3.74. The van der Waals surface area contributed by atoms with Gasteiger partial charge in [-0.15, -0.1) is 0 Å². The smallest absolute Gasteiger partial charge is 0.244 e. The van der Waals surface area contributed by atoms with Gasteiger partial charge in [-0.1, -0.05) is 12.8 Å². The van der Waals surface area contributed by atoms with Crippen molar-refractivity contribution >= 4 is 15.7 Å². The monoisotopic (exact) mass is 300 g/mol. The van der Waals surface area contributed by atoms with E-state index in [0.29, 0.717) is 18.5 Å². The van der Waals surface area contributed by atoms with Crippen molar-refractivity contribution in [1.29, 1.82) is 0 Å². The van der Waals surface area contributed by atoms with Crippen LogP contribution >= 0.6 is 0 Å². The first-order valence-electron chi connectivity index (χ1n) is 6.58. The van der Waals surface area contributed by atoms with Crippen LogP contribution < -0.4 is 15.2 Å². The van der Waals surface area contributed by atoms with Gasteiger partial charge in [-0.25, -0.2) is 13.1 Å². The summed E-state index contributed by atoms with van der Waals surface area (Å²) in [4.78, 5) is 0.0342. The normalized spacial score (nSPS) is 23.5. The summed E-state index contributed by atoms with van der Waals surface area (Å²) in [5.74, 6) is 0.197. The molecule has 6 nitrogen and oxygen atoms in total. The number of aliphatic hydroxyl groups excluding tert-OH is 1. The Morgan fingerprint density at radius 2 is 2.05 bits per heavy atom. The minimum absolute atomic E-state index is 0.0342. The Morgan fingerprint density at radius 3 is 2.70 bits per heavy atom. The number of nitrogens with two attached hydrogens (primary N) is 1. The summed E-state index contributed by atoms with van der Waals surface area (Å²) in [6, 6.07) is 3.93. The SMILES string of the molecule is COc1cc(N)ccc1S(=O)(=O)N[C@H]1CCCC[C@@H]1O. The van der Waals surface area contributed by atoms with Crippen molar-refractivity contribution in [3.63, 3.8) is 0 Å². The van der Waals surface area contributed by atoms with Crippen LogP contribution in [0.3, 0.4) is 0 Å². The number of rotatable bonds is 4. The van der Waals surface area contributed by atoms with Crippen molar-refractivity contribution in [3.05, 3.63) is 18.2 Å². The summed E-state index contributed by atoms with van der Waals surface area (Å²) in [6.07, 6.45) is 2.44. The Kier molecular flexibility index (Phi) is 4.52. The third-order valence-corrected chi connectivity index (χ3v) is 5.04. The molecule has 112 valence electrons. The lowest BCUT2D eigenvalue weighted by Crippen LogP contribution is -2.45. The van der Waals surface area contributed by atoms with Gasteiger partial charge in [0.1, 0.15) is 10.6 Å². The van der Waals surface area contributed by atoms with Crippen LogP contribution in [-0.4, -0.2) is 32.8 Å². The molecule has 0 heterocycles. The van der Waals surface area contributed by atoms with Gasteiger partial charge in [0, 0.05) is 17.8 Å². The highest BCUT2D eigenvalue weighted by molar-refractivity contribution is 7.89. The van der Waals surface area contributed by atoms with Crippen molar-refractivity contribution in [1.82, 2.24) is 4.72 Å². The van der Waals surface area contributed by atoms with Crippen LogP contribution in [0.25, 0.3) is 0 Å². The van der Waals surface area contributed by atoms with Gasteiger partial charge in [-0.05, 0) is 25.0 Å². The molecule has 20 heavy (non-hydrogen) atoms. The van der Waals surface area contributed by atoms with Crippen molar-refractivity contribution < 1.29 is 18.3 Å². The number of nitrogen functional groups attached to an aromatic ring is 1. The van der Waals surface area contributed by atoms with Crippen LogP contribution in [0.4, 0.5) is 5.69 Å². The molecule has 1 fully saturated rings. The fraction of sp³-hybridized carbons (Fsp3) is 0.538. The van der Waals surface area contributed by atoms with Gasteiger partial charge in [0.2, 0.25) is 10.0 Å². The highest BCUT2D eigenvalue weighted by Gasteiger charge is 2.29. The van der Waals surface area contributed by atoms with E-state index >= 15 is 0 Å². The fourth-order valence-corrected chi connectivity index (χ4v) is 3.87. The largest absolute Gasteiger partial charge is 0.495 e. The first-order valence-corrected chi connectivity index (χ1v) is 8.06. The van der Waals surface area contributed by atoms with Crippen LogP contribution in [0.5, 0.6) is 5.75 Å². The molecule has 7 heteroatoms. The number of ether oxygens (including phenoxy) is 1. The molecular formula is C13H20N2O4S. The molecule has 1 aromatic rings. The van der Waals surface area contributed by atoms with E-state index in [9.17, 15) is 13.5 Å². The maximum atomic E-state index is 12.4. The predicted molar refractivity (Wildman–Crippen MR) is 76.0 cm³/mol. The summed E-state index contributed by atoms with van der Waals surface area (Å²) in [7, 11) is -2.35. The molecule has 2 rings (SSSR count). The van der Waals surface area contributed by atoms with Crippen molar-refractivity contribution in [2.24, 2.45) is 0 Å². The van der Waals surface area contributed by atoms with E-state index in [4.69, 9.17) is 10.5 Å². The number of benzene rings is 1. The Hall–Kier alpha value is -1.31. The van der Waals surface area contributed by atoms with Crippen LogP contribution in [0.15, 0.2) is 23.1 Å². The van der Waals surface area contributed by atoms with Crippen molar-refractivity contribution in [3.8, 4) is 5.75 Å². The number of anilines is 1. The maximum Gasteiger partial charge on any atom is 0.244 e. The molecule has 0 aromatic heterocycles. The summed E-state index contributed by atoms with van der Waals surface area (Å²) in [5.41, 5.74) is 6.05. The minimum Gasteiger partial charge on any atom is -0.495 e. The molecule has 0 aliphatic heterocycles. The van der Waals surface area contributed by atoms with Gasteiger partial charge in [0.25, 0.3) is 0 Å². The van der Waals surface area contributed by atoms with Crippen LogP contribution in [0, 0.1) is 0 Å². The molecule has 0 unspecified atom stereocenters. The second kappa shape index (κ2) is 5.99. The molecule has 0 amide bonds. The molecule has 4 N–H and O–H groups in total. The van der Waals surface area contributed by atoms with E-state index in [2.05, 4.69) is 4.72 Å². The highest BCUT2D eigenvalue weighted by Crippen LogP contribution is 2.27. The molecule has 0 bridgehead atoms. The topological polar surface area (TPSA) is 102 Å². The van der Waals surface area contributed by atoms with Crippen LogP contribution in [0.2, 0.25) is 0 Å². The standard InChI is InChI=1S/C13H20N2O4S/c1-19-12-8-9(14)6-7-13(12)20(17,18)15-10-4-2-3-5-11(10)16/h6-8,10-11,15-16H,2-5,14H2,1H3/t10-,11-/m0/s1. The maximum absolute atomic E-state index is 12.4. The molecule has 0 radical (unpaired) electrons. The fourth-order valence-electron chi connectivity index (χ4n) is 2.42. The zero-order valence-electron chi connectivity index (χ0n) is 11.4. The second-order valence-corrected chi connectivity index (χ2v) is 6.67.